The Morgan fingerprint density at radius 3 is 2.60 bits per heavy atom. The minimum atomic E-state index is -4.72. The third kappa shape index (κ3) is 2.87. The Hall–Kier alpha value is -2.18. The van der Waals surface area contributed by atoms with Crippen LogP contribution in [0.4, 0.5) is 19.0 Å². The van der Waals surface area contributed by atoms with E-state index in [2.05, 4.69) is 9.72 Å². The van der Waals surface area contributed by atoms with Gasteiger partial charge >= 0.3 is 6.36 Å². The molecule has 4 nitrogen and oxygen atoms in total. The van der Waals surface area contributed by atoms with Crippen LogP contribution in [0.15, 0.2) is 24.3 Å². The van der Waals surface area contributed by atoms with Crippen molar-refractivity contribution in [1.82, 2.24) is 9.55 Å². The summed E-state index contributed by atoms with van der Waals surface area (Å²) < 4.78 is 42.3. The number of alkyl halides is 3. The second-order valence-corrected chi connectivity index (χ2v) is 4.21. The number of halogens is 3. The molecule has 1 heterocycles. The summed E-state index contributed by atoms with van der Waals surface area (Å²) in [5, 5.41) is 0. The van der Waals surface area contributed by atoms with E-state index >= 15 is 0 Å². The lowest BCUT2D eigenvalue weighted by atomic mass is 10.1. The van der Waals surface area contributed by atoms with Gasteiger partial charge in [0.2, 0.25) is 0 Å². The summed E-state index contributed by atoms with van der Waals surface area (Å²) in [4.78, 5) is 4.29. The maximum Gasteiger partial charge on any atom is 0.573 e. The summed E-state index contributed by atoms with van der Waals surface area (Å²) >= 11 is 0. The number of hydrogen-bond donors (Lipinski definition) is 1. The molecule has 1 aromatic heterocycles. The van der Waals surface area contributed by atoms with Crippen molar-refractivity contribution >= 4 is 5.82 Å². The highest BCUT2D eigenvalue weighted by Crippen LogP contribution is 2.30. The zero-order chi connectivity index (χ0) is 14.9. The topological polar surface area (TPSA) is 53.1 Å². The molecule has 0 saturated heterocycles. The Morgan fingerprint density at radius 2 is 2.05 bits per heavy atom. The normalized spacial score (nSPS) is 11.7. The summed E-state index contributed by atoms with van der Waals surface area (Å²) in [6, 6.07) is 5.61. The van der Waals surface area contributed by atoms with Crippen LogP contribution in [-0.2, 0) is 6.54 Å². The highest BCUT2D eigenvalue weighted by atomic mass is 19.4. The molecule has 108 valence electrons. The van der Waals surface area contributed by atoms with Gasteiger partial charge in [0.1, 0.15) is 23.1 Å². The Kier molecular flexibility index (Phi) is 3.61. The van der Waals surface area contributed by atoms with Crippen LogP contribution < -0.4 is 10.5 Å². The predicted octanol–water partition coefficient (Wildman–Crippen LogP) is 3.36. The van der Waals surface area contributed by atoms with Crippen molar-refractivity contribution in [2.24, 2.45) is 0 Å². The minimum absolute atomic E-state index is 0.293. The molecule has 20 heavy (non-hydrogen) atoms. The first-order chi connectivity index (χ1) is 9.31. The fourth-order valence-electron chi connectivity index (χ4n) is 2.03. The van der Waals surface area contributed by atoms with Crippen molar-refractivity contribution in [3.8, 4) is 17.0 Å². The van der Waals surface area contributed by atoms with Gasteiger partial charge in [0, 0.05) is 12.1 Å². The van der Waals surface area contributed by atoms with Crippen LogP contribution in [0.5, 0.6) is 5.75 Å². The van der Waals surface area contributed by atoms with Gasteiger partial charge in [0.05, 0.1) is 0 Å². The molecule has 2 aromatic rings. The Balaban J connectivity index is 2.41. The molecule has 0 amide bonds. The number of rotatable bonds is 3. The Morgan fingerprint density at radius 1 is 1.35 bits per heavy atom. The van der Waals surface area contributed by atoms with Crippen molar-refractivity contribution in [3.63, 3.8) is 0 Å². The van der Waals surface area contributed by atoms with Gasteiger partial charge in [-0.25, -0.2) is 4.98 Å². The number of aryl methyl sites for hydroxylation is 1. The molecule has 7 heteroatoms. The van der Waals surface area contributed by atoms with Crippen LogP contribution >= 0.6 is 0 Å². The number of benzene rings is 1. The van der Waals surface area contributed by atoms with Crippen molar-refractivity contribution in [2.45, 2.75) is 26.8 Å². The first-order valence-corrected chi connectivity index (χ1v) is 6.00. The number of imidazole rings is 1. The Bertz CT molecular complexity index is 620. The number of ether oxygens (including phenoxy) is 1. The second kappa shape index (κ2) is 5.07. The van der Waals surface area contributed by atoms with Crippen molar-refractivity contribution < 1.29 is 17.9 Å². The summed E-state index contributed by atoms with van der Waals surface area (Å²) in [6.45, 7) is 4.35. The lowest BCUT2D eigenvalue weighted by Gasteiger charge is -2.09. The molecule has 0 unspecified atom stereocenters. The standard InChI is InChI=1S/C13H14F3N3O/c1-3-19-8(2)18-11(12(19)17)9-5-4-6-10(7-9)20-13(14,15)16/h4-7H,3,17H2,1-2H3. The minimum Gasteiger partial charge on any atom is -0.406 e. The zero-order valence-electron chi connectivity index (χ0n) is 11.0. The molecule has 2 rings (SSSR count). The highest BCUT2D eigenvalue weighted by molar-refractivity contribution is 5.72. The fraction of sp³-hybridized carbons (Fsp3) is 0.308. The molecule has 0 saturated carbocycles. The van der Waals surface area contributed by atoms with Gasteiger partial charge in [-0.1, -0.05) is 12.1 Å². The lowest BCUT2D eigenvalue weighted by Crippen LogP contribution is -2.17. The first-order valence-electron chi connectivity index (χ1n) is 6.00. The number of nitrogens with two attached hydrogens (primary N) is 1. The maximum atomic E-state index is 12.2. The predicted molar refractivity (Wildman–Crippen MR) is 69.2 cm³/mol. The van der Waals surface area contributed by atoms with Gasteiger partial charge in [0.25, 0.3) is 0 Å². The van der Waals surface area contributed by atoms with Crippen LogP contribution in [-0.4, -0.2) is 15.9 Å². The molecule has 0 spiro atoms. The van der Waals surface area contributed by atoms with E-state index in [-0.39, 0.29) is 5.75 Å². The van der Waals surface area contributed by atoms with E-state index in [1.165, 1.54) is 18.2 Å². The van der Waals surface area contributed by atoms with Crippen molar-refractivity contribution in [1.29, 1.82) is 0 Å². The molecule has 0 aliphatic rings. The fourth-order valence-corrected chi connectivity index (χ4v) is 2.03. The van der Waals surface area contributed by atoms with Gasteiger partial charge in [-0.2, -0.15) is 0 Å². The highest BCUT2D eigenvalue weighted by Gasteiger charge is 2.31. The van der Waals surface area contributed by atoms with Crippen LogP contribution in [0.3, 0.4) is 0 Å². The first kappa shape index (κ1) is 14.2. The van der Waals surface area contributed by atoms with Gasteiger partial charge in [-0.05, 0) is 26.0 Å². The van der Waals surface area contributed by atoms with Crippen LogP contribution in [0.25, 0.3) is 11.3 Å². The third-order valence-corrected chi connectivity index (χ3v) is 2.85. The van der Waals surface area contributed by atoms with Crippen LogP contribution in [0.1, 0.15) is 12.7 Å². The van der Waals surface area contributed by atoms with Crippen molar-refractivity contribution in [2.75, 3.05) is 5.73 Å². The van der Waals surface area contributed by atoms with E-state index < -0.39 is 6.36 Å². The van der Waals surface area contributed by atoms with Crippen LogP contribution in [0.2, 0.25) is 0 Å². The molecule has 2 N–H and O–H groups in total. The number of hydrogen-bond acceptors (Lipinski definition) is 3. The van der Waals surface area contributed by atoms with Gasteiger partial charge in [0.15, 0.2) is 0 Å². The monoisotopic (exact) mass is 285 g/mol. The largest absolute Gasteiger partial charge is 0.573 e. The van der Waals surface area contributed by atoms with E-state index in [0.29, 0.717) is 29.4 Å². The van der Waals surface area contributed by atoms with E-state index in [1.54, 1.807) is 17.6 Å². The van der Waals surface area contributed by atoms with E-state index in [1.807, 2.05) is 6.92 Å². The van der Waals surface area contributed by atoms with Gasteiger partial charge in [-0.3, -0.25) is 0 Å². The molecule has 1 aromatic carbocycles. The molecule has 0 radical (unpaired) electrons. The zero-order valence-corrected chi connectivity index (χ0v) is 11.0. The summed E-state index contributed by atoms with van der Waals surface area (Å²) in [5.74, 6) is 0.842. The van der Waals surface area contributed by atoms with Crippen molar-refractivity contribution in [3.05, 3.63) is 30.1 Å². The maximum absolute atomic E-state index is 12.2. The third-order valence-electron chi connectivity index (χ3n) is 2.85. The average molecular weight is 285 g/mol. The summed E-state index contributed by atoms with van der Waals surface area (Å²) in [6.07, 6.45) is -4.72. The number of nitrogen functional groups attached to an aromatic ring is 1. The SMILES string of the molecule is CCn1c(C)nc(-c2cccc(OC(F)(F)F)c2)c1N. The second-order valence-electron chi connectivity index (χ2n) is 4.21. The van der Waals surface area contributed by atoms with E-state index in [9.17, 15) is 13.2 Å². The average Bonchev–Trinajstić information content (AvgIpc) is 2.62. The number of nitrogens with zero attached hydrogens (tertiary/aromatic N) is 2. The molecule has 0 aliphatic heterocycles. The lowest BCUT2D eigenvalue weighted by molar-refractivity contribution is -0.274. The molecular weight excluding hydrogens is 271 g/mol. The Labute approximate surface area is 114 Å². The van der Waals surface area contributed by atoms with Gasteiger partial charge in [-0.15, -0.1) is 13.2 Å². The molecular formula is C13H14F3N3O. The summed E-state index contributed by atoms with van der Waals surface area (Å²) in [5.41, 5.74) is 6.90. The molecule has 0 aliphatic carbocycles. The quantitative estimate of drug-likeness (QED) is 0.940. The molecule has 0 bridgehead atoms. The molecule has 0 fully saturated rings. The van der Waals surface area contributed by atoms with Gasteiger partial charge < -0.3 is 15.0 Å². The number of anilines is 1. The summed E-state index contributed by atoms with van der Waals surface area (Å²) in [7, 11) is 0. The van der Waals surface area contributed by atoms with E-state index in [0.717, 1.165) is 0 Å². The van der Waals surface area contributed by atoms with E-state index in [4.69, 9.17) is 5.73 Å². The smallest absolute Gasteiger partial charge is 0.406 e. The van der Waals surface area contributed by atoms with Crippen LogP contribution in [0, 0.1) is 6.92 Å². The number of aromatic nitrogens is 2. The molecule has 0 atom stereocenters.